The van der Waals surface area contributed by atoms with Gasteiger partial charge in [-0.3, -0.25) is 0 Å². The predicted molar refractivity (Wildman–Crippen MR) is 73.4 cm³/mol. The molecule has 108 valence electrons. The Morgan fingerprint density at radius 3 is 2.85 bits per heavy atom. The molecule has 0 aliphatic rings. The maximum atomic E-state index is 9.83. The predicted octanol–water partition coefficient (Wildman–Crippen LogP) is 1.22. The number of aromatic nitrogens is 2. The number of para-hydroxylation sites is 1. The summed E-state index contributed by atoms with van der Waals surface area (Å²) in [6.45, 7) is 4.81. The van der Waals surface area contributed by atoms with Crippen LogP contribution in [0.5, 0.6) is 5.75 Å². The van der Waals surface area contributed by atoms with E-state index in [1.165, 1.54) is 0 Å². The lowest BCUT2D eigenvalue weighted by molar-refractivity contribution is 0.105. The quantitative estimate of drug-likeness (QED) is 0.792. The molecular weight excluding hydrogens is 258 g/mol. The highest BCUT2D eigenvalue weighted by molar-refractivity contribution is 5.31. The lowest BCUT2D eigenvalue weighted by Gasteiger charge is -2.13. The zero-order valence-corrected chi connectivity index (χ0v) is 11.7. The molecule has 1 unspecified atom stereocenters. The van der Waals surface area contributed by atoms with Crippen molar-refractivity contribution in [1.82, 2.24) is 15.5 Å². The van der Waals surface area contributed by atoms with Crippen molar-refractivity contribution in [3.8, 4) is 5.75 Å². The fourth-order valence-corrected chi connectivity index (χ4v) is 1.73. The van der Waals surface area contributed by atoms with Crippen LogP contribution in [0.1, 0.15) is 17.3 Å². The van der Waals surface area contributed by atoms with Gasteiger partial charge in [0.25, 0.3) is 0 Å². The van der Waals surface area contributed by atoms with Crippen LogP contribution in [0.25, 0.3) is 0 Å². The van der Waals surface area contributed by atoms with Gasteiger partial charge < -0.3 is 19.7 Å². The highest BCUT2D eigenvalue weighted by Crippen LogP contribution is 2.16. The Morgan fingerprint density at radius 1 is 1.35 bits per heavy atom. The molecule has 0 radical (unpaired) electrons. The fraction of sp³-hybridized carbons (Fsp3) is 0.429. The number of nitrogens with one attached hydrogen (secondary N) is 1. The van der Waals surface area contributed by atoms with Crippen LogP contribution < -0.4 is 10.1 Å². The van der Waals surface area contributed by atoms with Crippen LogP contribution >= 0.6 is 0 Å². The third kappa shape index (κ3) is 4.32. The minimum atomic E-state index is -0.595. The SMILES string of the molecule is Cc1nc(CNCC(O)COc2ccccc2C)no1. The van der Waals surface area contributed by atoms with Gasteiger partial charge in [-0.05, 0) is 18.6 Å². The normalized spacial score (nSPS) is 12.3. The van der Waals surface area contributed by atoms with Gasteiger partial charge in [0.05, 0.1) is 6.54 Å². The molecule has 1 atom stereocenters. The van der Waals surface area contributed by atoms with Crippen molar-refractivity contribution in [2.75, 3.05) is 13.2 Å². The Labute approximate surface area is 117 Å². The Kier molecular flexibility index (Phi) is 5.09. The summed E-state index contributed by atoms with van der Waals surface area (Å²) >= 11 is 0. The van der Waals surface area contributed by atoms with Gasteiger partial charge in [0, 0.05) is 13.5 Å². The summed E-state index contributed by atoms with van der Waals surface area (Å²) in [5.41, 5.74) is 1.05. The average Bonchev–Trinajstić information content (AvgIpc) is 2.83. The monoisotopic (exact) mass is 277 g/mol. The first-order valence-corrected chi connectivity index (χ1v) is 6.51. The minimum Gasteiger partial charge on any atom is -0.491 e. The van der Waals surface area contributed by atoms with Gasteiger partial charge in [-0.25, -0.2) is 0 Å². The number of nitrogens with zero attached hydrogens (tertiary/aromatic N) is 2. The first-order valence-electron chi connectivity index (χ1n) is 6.51. The summed E-state index contributed by atoms with van der Waals surface area (Å²) in [7, 11) is 0. The zero-order chi connectivity index (χ0) is 14.4. The molecule has 0 saturated heterocycles. The lowest BCUT2D eigenvalue weighted by Crippen LogP contribution is -2.31. The fourth-order valence-electron chi connectivity index (χ4n) is 1.73. The number of aliphatic hydroxyl groups excluding tert-OH is 1. The van der Waals surface area contributed by atoms with Crippen LogP contribution in [0, 0.1) is 13.8 Å². The minimum absolute atomic E-state index is 0.239. The summed E-state index contributed by atoms with van der Waals surface area (Å²) in [4.78, 5) is 4.06. The molecule has 0 bridgehead atoms. The van der Waals surface area contributed by atoms with E-state index in [-0.39, 0.29) is 6.61 Å². The number of rotatable bonds is 7. The molecule has 20 heavy (non-hydrogen) atoms. The third-order valence-electron chi connectivity index (χ3n) is 2.76. The molecule has 6 heteroatoms. The topological polar surface area (TPSA) is 80.4 Å². The number of aliphatic hydroxyl groups is 1. The van der Waals surface area contributed by atoms with E-state index in [1.54, 1.807) is 6.92 Å². The van der Waals surface area contributed by atoms with Crippen LogP contribution in [0.2, 0.25) is 0 Å². The molecule has 1 aromatic carbocycles. The van der Waals surface area contributed by atoms with E-state index in [0.717, 1.165) is 11.3 Å². The largest absolute Gasteiger partial charge is 0.491 e. The van der Waals surface area contributed by atoms with Gasteiger partial charge >= 0.3 is 0 Å². The van der Waals surface area contributed by atoms with Crippen LogP contribution in [-0.2, 0) is 6.54 Å². The number of ether oxygens (including phenoxy) is 1. The van der Waals surface area contributed by atoms with Crippen LogP contribution in [0.3, 0.4) is 0 Å². The molecule has 0 saturated carbocycles. The second kappa shape index (κ2) is 7.02. The standard InChI is InChI=1S/C14H19N3O3/c1-10-5-3-4-6-13(10)19-9-12(18)7-15-8-14-16-11(2)20-17-14/h3-6,12,15,18H,7-9H2,1-2H3. The van der Waals surface area contributed by atoms with Crippen LogP contribution in [-0.4, -0.2) is 34.5 Å². The van der Waals surface area contributed by atoms with Gasteiger partial charge in [-0.1, -0.05) is 23.4 Å². The van der Waals surface area contributed by atoms with E-state index in [4.69, 9.17) is 9.26 Å². The Bertz CT molecular complexity index is 542. The highest BCUT2D eigenvalue weighted by Gasteiger charge is 2.07. The van der Waals surface area contributed by atoms with Crippen molar-refractivity contribution in [2.24, 2.45) is 0 Å². The number of benzene rings is 1. The smallest absolute Gasteiger partial charge is 0.223 e. The summed E-state index contributed by atoms with van der Waals surface area (Å²) < 4.78 is 10.4. The van der Waals surface area contributed by atoms with Crippen molar-refractivity contribution < 1.29 is 14.4 Å². The van der Waals surface area contributed by atoms with Crippen molar-refractivity contribution in [3.63, 3.8) is 0 Å². The first kappa shape index (κ1) is 14.5. The second-order valence-electron chi connectivity index (χ2n) is 4.59. The maximum absolute atomic E-state index is 9.83. The molecule has 1 heterocycles. The van der Waals surface area contributed by atoms with Gasteiger partial charge in [0.2, 0.25) is 5.89 Å². The zero-order valence-electron chi connectivity index (χ0n) is 11.7. The van der Waals surface area contributed by atoms with Crippen molar-refractivity contribution in [1.29, 1.82) is 0 Å². The van der Waals surface area contributed by atoms with E-state index in [2.05, 4.69) is 15.5 Å². The Balaban J connectivity index is 1.68. The van der Waals surface area contributed by atoms with Crippen molar-refractivity contribution in [3.05, 3.63) is 41.5 Å². The van der Waals surface area contributed by atoms with Gasteiger partial charge in [0.1, 0.15) is 18.5 Å². The molecule has 0 aliphatic heterocycles. The number of hydrogen-bond acceptors (Lipinski definition) is 6. The highest BCUT2D eigenvalue weighted by atomic mass is 16.5. The van der Waals surface area contributed by atoms with E-state index < -0.39 is 6.10 Å². The molecular formula is C14H19N3O3. The van der Waals surface area contributed by atoms with Crippen LogP contribution in [0.4, 0.5) is 0 Å². The molecule has 2 rings (SSSR count). The van der Waals surface area contributed by atoms with Gasteiger partial charge in [0.15, 0.2) is 5.82 Å². The first-order chi connectivity index (χ1) is 9.65. The second-order valence-corrected chi connectivity index (χ2v) is 4.59. The van der Waals surface area contributed by atoms with Crippen molar-refractivity contribution >= 4 is 0 Å². The number of hydrogen-bond donors (Lipinski definition) is 2. The van der Waals surface area contributed by atoms with Gasteiger partial charge in [-0.2, -0.15) is 4.98 Å². The van der Waals surface area contributed by atoms with Crippen molar-refractivity contribution in [2.45, 2.75) is 26.5 Å². The molecule has 0 aliphatic carbocycles. The summed E-state index contributed by atoms with van der Waals surface area (Å²) in [6.07, 6.45) is -0.595. The van der Waals surface area contributed by atoms with E-state index >= 15 is 0 Å². The molecule has 0 spiro atoms. The maximum Gasteiger partial charge on any atom is 0.223 e. The molecule has 2 N–H and O–H groups in total. The third-order valence-corrected chi connectivity index (χ3v) is 2.76. The van der Waals surface area contributed by atoms with Crippen LogP contribution in [0.15, 0.2) is 28.8 Å². The lowest BCUT2D eigenvalue weighted by atomic mass is 10.2. The van der Waals surface area contributed by atoms with Gasteiger partial charge in [-0.15, -0.1) is 0 Å². The van der Waals surface area contributed by atoms with E-state index in [0.29, 0.717) is 24.8 Å². The molecule has 0 amide bonds. The van der Waals surface area contributed by atoms with E-state index in [9.17, 15) is 5.11 Å². The summed E-state index contributed by atoms with van der Waals surface area (Å²) in [5.74, 6) is 1.90. The Hall–Kier alpha value is -1.92. The van der Waals surface area contributed by atoms with E-state index in [1.807, 2.05) is 31.2 Å². The Morgan fingerprint density at radius 2 is 2.15 bits per heavy atom. The molecule has 6 nitrogen and oxygen atoms in total. The number of aryl methyl sites for hydroxylation is 2. The summed E-state index contributed by atoms with van der Waals surface area (Å²) in [5, 5.41) is 16.6. The molecule has 2 aromatic rings. The molecule has 0 fully saturated rings. The summed E-state index contributed by atoms with van der Waals surface area (Å²) in [6, 6.07) is 7.72. The average molecular weight is 277 g/mol. The molecule has 1 aromatic heterocycles.